The molecule has 0 atom stereocenters. The lowest BCUT2D eigenvalue weighted by Crippen LogP contribution is -2.51. The molecule has 0 bridgehead atoms. The highest BCUT2D eigenvalue weighted by Gasteiger charge is 2.39. The van der Waals surface area contributed by atoms with Crippen LogP contribution in [0.3, 0.4) is 0 Å². The summed E-state index contributed by atoms with van der Waals surface area (Å²) < 4.78 is 66.6. The van der Waals surface area contributed by atoms with Crippen LogP contribution in [0.5, 0.6) is 0 Å². The highest BCUT2D eigenvalue weighted by atomic mass is 32.2. The fourth-order valence-corrected chi connectivity index (χ4v) is 5.71. The molecule has 31 heavy (non-hydrogen) atoms. The third kappa shape index (κ3) is 5.48. The number of benzene rings is 1. The molecule has 0 unspecified atom stereocenters. The second-order valence-corrected chi connectivity index (χ2v) is 9.66. The van der Waals surface area contributed by atoms with Crippen LogP contribution in [-0.2, 0) is 21.0 Å². The van der Waals surface area contributed by atoms with Gasteiger partial charge < -0.3 is 4.90 Å². The van der Waals surface area contributed by atoms with E-state index >= 15 is 0 Å². The zero-order valence-corrected chi connectivity index (χ0v) is 18.4. The van der Waals surface area contributed by atoms with E-state index in [4.69, 9.17) is 0 Å². The summed E-state index contributed by atoms with van der Waals surface area (Å²) in [5, 5.41) is 0. The van der Waals surface area contributed by atoms with Crippen LogP contribution >= 0.6 is 0 Å². The molecule has 10 heteroatoms. The van der Waals surface area contributed by atoms with E-state index in [-0.39, 0.29) is 38.6 Å². The number of allylic oxidation sites excluding steroid dienone is 2. The van der Waals surface area contributed by atoms with E-state index in [9.17, 15) is 26.4 Å². The first-order valence-electron chi connectivity index (χ1n) is 10.5. The summed E-state index contributed by atoms with van der Waals surface area (Å²) in [4.78, 5) is 15.7. The molecule has 2 aliphatic rings. The number of halogens is 3. The Labute approximate surface area is 181 Å². The van der Waals surface area contributed by atoms with Crippen molar-refractivity contribution in [3.05, 3.63) is 41.6 Å². The Morgan fingerprint density at radius 2 is 1.77 bits per heavy atom. The number of likely N-dealkylation sites (N-methyl/N-ethyl adjacent to an activating group) is 1. The van der Waals surface area contributed by atoms with Gasteiger partial charge in [0.25, 0.3) is 0 Å². The SMILES string of the molecule is CCN(C(=O)CN1CCN(S(=O)(=O)c2ccccc2C(F)(F)F)CC1)C1=CCCCC1. The number of rotatable bonds is 6. The molecule has 1 aromatic carbocycles. The average Bonchev–Trinajstić information content (AvgIpc) is 2.75. The van der Waals surface area contributed by atoms with Gasteiger partial charge in [-0.2, -0.15) is 17.5 Å². The van der Waals surface area contributed by atoms with Crippen molar-refractivity contribution in [2.75, 3.05) is 39.3 Å². The largest absolute Gasteiger partial charge is 0.417 e. The Kier molecular flexibility index (Phi) is 7.43. The van der Waals surface area contributed by atoms with Gasteiger partial charge in [-0.25, -0.2) is 8.42 Å². The quantitative estimate of drug-likeness (QED) is 0.655. The van der Waals surface area contributed by atoms with E-state index in [1.54, 1.807) is 4.90 Å². The fourth-order valence-electron chi connectivity index (χ4n) is 4.08. The molecule has 6 nitrogen and oxygen atoms in total. The van der Waals surface area contributed by atoms with Gasteiger partial charge in [0.2, 0.25) is 15.9 Å². The van der Waals surface area contributed by atoms with Gasteiger partial charge in [0.1, 0.15) is 0 Å². The number of sulfonamides is 1. The molecule has 0 aromatic heterocycles. The molecule has 3 rings (SSSR count). The molecule has 1 aliphatic carbocycles. The maximum atomic E-state index is 13.3. The number of nitrogens with zero attached hydrogens (tertiary/aromatic N) is 3. The van der Waals surface area contributed by atoms with Crippen molar-refractivity contribution in [3.8, 4) is 0 Å². The molecule has 1 heterocycles. The monoisotopic (exact) mass is 459 g/mol. The van der Waals surface area contributed by atoms with Crippen LogP contribution in [0, 0.1) is 0 Å². The third-order valence-corrected chi connectivity index (χ3v) is 7.69. The summed E-state index contributed by atoms with van der Waals surface area (Å²) in [5.41, 5.74) is -0.115. The minimum absolute atomic E-state index is 0.0330. The van der Waals surface area contributed by atoms with Crippen LogP contribution in [0.4, 0.5) is 13.2 Å². The minimum atomic E-state index is -4.75. The Balaban J connectivity index is 1.64. The Bertz CT molecular complexity index is 923. The van der Waals surface area contributed by atoms with Crippen LogP contribution in [-0.4, -0.2) is 67.7 Å². The molecule has 1 fully saturated rings. The van der Waals surface area contributed by atoms with Gasteiger partial charge in [0, 0.05) is 38.4 Å². The number of carbonyl (C=O) groups is 1. The molecule has 1 saturated heterocycles. The number of piperazine rings is 1. The number of carbonyl (C=O) groups excluding carboxylic acids is 1. The first kappa shape index (κ1) is 23.7. The highest BCUT2D eigenvalue weighted by molar-refractivity contribution is 7.89. The van der Waals surface area contributed by atoms with E-state index in [1.807, 2.05) is 11.8 Å². The predicted octanol–water partition coefficient (Wildman–Crippen LogP) is 3.32. The third-order valence-electron chi connectivity index (χ3n) is 5.73. The van der Waals surface area contributed by atoms with Crippen molar-refractivity contribution in [1.82, 2.24) is 14.1 Å². The van der Waals surface area contributed by atoms with Gasteiger partial charge >= 0.3 is 6.18 Å². The van der Waals surface area contributed by atoms with Crippen molar-refractivity contribution in [2.45, 2.75) is 43.7 Å². The van der Waals surface area contributed by atoms with Crippen molar-refractivity contribution in [2.24, 2.45) is 0 Å². The van der Waals surface area contributed by atoms with Gasteiger partial charge in [-0.05, 0) is 44.7 Å². The second kappa shape index (κ2) is 9.70. The summed E-state index contributed by atoms with van der Waals surface area (Å²) in [6.07, 6.45) is 1.39. The predicted molar refractivity (Wildman–Crippen MR) is 111 cm³/mol. The molecule has 1 amide bonds. The summed E-state index contributed by atoms with van der Waals surface area (Å²) >= 11 is 0. The number of amides is 1. The van der Waals surface area contributed by atoms with Crippen LogP contribution in [0.15, 0.2) is 40.9 Å². The number of alkyl halides is 3. The topological polar surface area (TPSA) is 60.9 Å². The van der Waals surface area contributed by atoms with E-state index < -0.39 is 26.7 Å². The minimum Gasteiger partial charge on any atom is -0.316 e. The molecule has 1 aromatic rings. The Morgan fingerprint density at radius 3 is 2.35 bits per heavy atom. The maximum absolute atomic E-state index is 13.3. The smallest absolute Gasteiger partial charge is 0.316 e. The lowest BCUT2D eigenvalue weighted by atomic mass is 10.0. The van der Waals surface area contributed by atoms with Crippen LogP contribution in [0.2, 0.25) is 0 Å². The molecule has 1 aliphatic heterocycles. The molecule has 0 radical (unpaired) electrons. The standard InChI is InChI=1S/C21H28F3N3O3S/c1-2-27(17-8-4-3-5-9-17)20(28)16-25-12-14-26(15-13-25)31(29,30)19-11-7-6-10-18(19)21(22,23)24/h6-8,10-11H,2-5,9,12-16H2,1H3. The van der Waals surface area contributed by atoms with Gasteiger partial charge in [0.05, 0.1) is 17.0 Å². The van der Waals surface area contributed by atoms with E-state index in [0.29, 0.717) is 6.54 Å². The normalized spacial score (nSPS) is 19.2. The van der Waals surface area contributed by atoms with Gasteiger partial charge in [-0.1, -0.05) is 18.2 Å². The molecular weight excluding hydrogens is 431 g/mol. The van der Waals surface area contributed by atoms with Crippen LogP contribution in [0.1, 0.15) is 38.2 Å². The first-order valence-corrected chi connectivity index (χ1v) is 12.0. The summed E-state index contributed by atoms with van der Waals surface area (Å²) in [7, 11) is -4.28. The first-order chi connectivity index (χ1) is 14.6. The molecule has 0 saturated carbocycles. The van der Waals surface area contributed by atoms with Gasteiger partial charge in [-0.15, -0.1) is 0 Å². The molecule has 0 spiro atoms. The highest BCUT2D eigenvalue weighted by Crippen LogP contribution is 2.35. The van der Waals surface area contributed by atoms with Crippen LogP contribution in [0.25, 0.3) is 0 Å². The van der Waals surface area contributed by atoms with Crippen LogP contribution < -0.4 is 0 Å². The van der Waals surface area contributed by atoms with Gasteiger partial charge in [-0.3, -0.25) is 9.69 Å². The second-order valence-electron chi connectivity index (χ2n) is 7.75. The Hall–Kier alpha value is -1.91. The zero-order valence-electron chi connectivity index (χ0n) is 17.6. The lowest BCUT2D eigenvalue weighted by Gasteiger charge is -2.35. The fraction of sp³-hybridized carbons (Fsp3) is 0.571. The van der Waals surface area contributed by atoms with Crippen molar-refractivity contribution in [3.63, 3.8) is 0 Å². The van der Waals surface area contributed by atoms with Gasteiger partial charge in [0.15, 0.2) is 0 Å². The van der Waals surface area contributed by atoms with Crippen molar-refractivity contribution in [1.29, 1.82) is 0 Å². The summed E-state index contributed by atoms with van der Waals surface area (Å²) in [5.74, 6) is -0.0330. The van der Waals surface area contributed by atoms with E-state index in [2.05, 4.69) is 6.08 Å². The van der Waals surface area contributed by atoms with Crippen molar-refractivity contribution >= 4 is 15.9 Å². The number of hydrogen-bond acceptors (Lipinski definition) is 4. The number of hydrogen-bond donors (Lipinski definition) is 0. The van der Waals surface area contributed by atoms with E-state index in [0.717, 1.165) is 47.8 Å². The zero-order chi connectivity index (χ0) is 22.6. The Morgan fingerprint density at radius 1 is 1.10 bits per heavy atom. The molecule has 172 valence electrons. The van der Waals surface area contributed by atoms with Crippen molar-refractivity contribution < 1.29 is 26.4 Å². The summed E-state index contributed by atoms with van der Waals surface area (Å²) in [6, 6.07) is 4.23. The molecule has 0 N–H and O–H groups in total. The average molecular weight is 460 g/mol. The summed E-state index contributed by atoms with van der Waals surface area (Å²) in [6.45, 7) is 3.32. The lowest BCUT2D eigenvalue weighted by molar-refractivity contribution is -0.140. The maximum Gasteiger partial charge on any atom is 0.417 e. The van der Waals surface area contributed by atoms with E-state index in [1.165, 1.54) is 12.1 Å². The molecular formula is C21H28F3N3O3S.